The van der Waals surface area contributed by atoms with Crippen molar-refractivity contribution in [1.29, 1.82) is 0 Å². The lowest BCUT2D eigenvalue weighted by molar-refractivity contribution is -0.132. The van der Waals surface area contributed by atoms with Crippen molar-refractivity contribution in [1.82, 2.24) is 10.2 Å². The first-order valence-electron chi connectivity index (χ1n) is 7.25. The first-order valence-corrected chi connectivity index (χ1v) is 7.63. The molecule has 0 spiro atoms. The van der Waals surface area contributed by atoms with Gasteiger partial charge in [0.15, 0.2) is 0 Å². The number of amides is 1. The number of hydrogen-bond donors (Lipinski definition) is 1. The van der Waals surface area contributed by atoms with Crippen LogP contribution in [0.4, 0.5) is 8.78 Å². The fraction of sp³-hybridized carbons (Fsp3) is 0.533. The van der Waals surface area contributed by atoms with Gasteiger partial charge in [0, 0.05) is 24.4 Å². The molecule has 0 radical (unpaired) electrons. The summed E-state index contributed by atoms with van der Waals surface area (Å²) in [7, 11) is 0. The molecule has 2 heterocycles. The Kier molecular flexibility index (Phi) is 4.23. The number of nitrogens with zero attached hydrogens (tertiary/aromatic N) is 1. The fourth-order valence-electron chi connectivity index (χ4n) is 2.87. The highest BCUT2D eigenvalue weighted by Crippen LogP contribution is 2.27. The van der Waals surface area contributed by atoms with Gasteiger partial charge in [-0.15, -0.1) is 0 Å². The topological polar surface area (TPSA) is 41.6 Å². The van der Waals surface area contributed by atoms with Gasteiger partial charge in [0.2, 0.25) is 5.91 Å². The quantitative estimate of drug-likeness (QED) is 0.925. The Bertz CT molecular complexity index is 570. The van der Waals surface area contributed by atoms with Crippen LogP contribution in [0.3, 0.4) is 0 Å². The summed E-state index contributed by atoms with van der Waals surface area (Å²) in [5.41, 5.74) is 0. The predicted octanol–water partition coefficient (Wildman–Crippen LogP) is 2.32. The second-order valence-electron chi connectivity index (χ2n) is 5.76. The number of nitrogens with one attached hydrogen (secondary N) is 1. The van der Waals surface area contributed by atoms with Crippen LogP contribution in [0.1, 0.15) is 12.8 Å². The van der Waals surface area contributed by atoms with Gasteiger partial charge in [0.05, 0.1) is 19.1 Å². The molecule has 1 N–H and O–H groups in total. The second-order valence-corrected chi connectivity index (χ2v) is 6.20. The van der Waals surface area contributed by atoms with E-state index in [9.17, 15) is 13.6 Å². The SMILES string of the molecule is O=C(C1CC(F)(F)CN1)N1CCC(Oc2cccc(Cl)c2)C1. The van der Waals surface area contributed by atoms with E-state index in [1.165, 1.54) is 0 Å². The molecule has 4 nitrogen and oxygen atoms in total. The molecular weight excluding hydrogens is 314 g/mol. The molecule has 7 heteroatoms. The molecule has 2 aliphatic rings. The lowest BCUT2D eigenvalue weighted by Crippen LogP contribution is -2.43. The molecule has 22 heavy (non-hydrogen) atoms. The Labute approximate surface area is 132 Å². The monoisotopic (exact) mass is 330 g/mol. The molecule has 1 aromatic carbocycles. The van der Waals surface area contributed by atoms with E-state index in [2.05, 4.69) is 5.32 Å². The standard InChI is InChI=1S/C15H17ClF2N2O2/c16-10-2-1-3-11(6-10)22-12-4-5-20(8-12)14(21)13-7-15(17,18)9-19-13/h1-3,6,12-13,19H,4-5,7-9H2. The van der Waals surface area contributed by atoms with Gasteiger partial charge in [-0.25, -0.2) is 8.78 Å². The summed E-state index contributed by atoms with van der Waals surface area (Å²) in [6.07, 6.45) is 0.119. The second kappa shape index (κ2) is 6.01. The molecular formula is C15H17ClF2N2O2. The minimum absolute atomic E-state index is 0.135. The van der Waals surface area contributed by atoms with Gasteiger partial charge in [0.1, 0.15) is 11.9 Å². The average Bonchev–Trinajstić information content (AvgIpc) is 3.05. The highest BCUT2D eigenvalue weighted by atomic mass is 35.5. The van der Waals surface area contributed by atoms with Crippen molar-refractivity contribution in [2.24, 2.45) is 0 Å². The summed E-state index contributed by atoms with van der Waals surface area (Å²) in [4.78, 5) is 13.8. The van der Waals surface area contributed by atoms with E-state index in [1.54, 1.807) is 29.2 Å². The number of benzene rings is 1. The van der Waals surface area contributed by atoms with E-state index in [-0.39, 0.29) is 12.0 Å². The Morgan fingerprint density at radius 3 is 2.95 bits per heavy atom. The molecule has 1 aromatic rings. The number of hydrogen-bond acceptors (Lipinski definition) is 3. The van der Waals surface area contributed by atoms with Crippen molar-refractivity contribution >= 4 is 17.5 Å². The van der Waals surface area contributed by atoms with E-state index in [1.807, 2.05) is 0 Å². The third-order valence-corrected chi connectivity index (χ3v) is 4.20. The van der Waals surface area contributed by atoms with Gasteiger partial charge >= 0.3 is 0 Å². The number of halogens is 3. The maximum absolute atomic E-state index is 13.2. The highest BCUT2D eigenvalue weighted by Gasteiger charge is 2.44. The molecule has 1 amide bonds. The van der Waals surface area contributed by atoms with Crippen LogP contribution in [-0.4, -0.2) is 48.5 Å². The summed E-state index contributed by atoms with van der Waals surface area (Å²) in [5, 5.41) is 3.18. The van der Waals surface area contributed by atoms with E-state index >= 15 is 0 Å². The molecule has 2 unspecified atom stereocenters. The van der Waals surface area contributed by atoms with Crippen LogP contribution in [0.15, 0.2) is 24.3 Å². The van der Waals surface area contributed by atoms with Crippen molar-refractivity contribution in [2.75, 3.05) is 19.6 Å². The third kappa shape index (κ3) is 3.50. The molecule has 2 fully saturated rings. The molecule has 3 rings (SSSR count). The molecule has 0 bridgehead atoms. The third-order valence-electron chi connectivity index (χ3n) is 3.96. The Hall–Kier alpha value is -1.40. The molecule has 2 atom stereocenters. The van der Waals surface area contributed by atoms with Gasteiger partial charge < -0.3 is 9.64 Å². The van der Waals surface area contributed by atoms with Gasteiger partial charge in [-0.3, -0.25) is 10.1 Å². The zero-order chi connectivity index (χ0) is 15.7. The van der Waals surface area contributed by atoms with Crippen molar-refractivity contribution in [3.8, 4) is 5.75 Å². The summed E-state index contributed by atoms with van der Waals surface area (Å²) in [6, 6.07) is 6.27. The van der Waals surface area contributed by atoms with Crippen LogP contribution < -0.4 is 10.1 Å². The maximum atomic E-state index is 13.2. The van der Waals surface area contributed by atoms with Gasteiger partial charge in [-0.1, -0.05) is 17.7 Å². The van der Waals surface area contributed by atoms with E-state index in [4.69, 9.17) is 16.3 Å². The summed E-state index contributed by atoms with van der Waals surface area (Å²) >= 11 is 5.90. The molecule has 0 aromatic heterocycles. The number of carbonyl (C=O) groups excluding carboxylic acids is 1. The Morgan fingerprint density at radius 1 is 1.45 bits per heavy atom. The number of likely N-dealkylation sites (tertiary alicyclic amines) is 1. The first kappa shape index (κ1) is 15.5. The van der Waals surface area contributed by atoms with E-state index < -0.39 is 24.9 Å². The highest BCUT2D eigenvalue weighted by molar-refractivity contribution is 6.30. The number of rotatable bonds is 3. The molecule has 120 valence electrons. The zero-order valence-corrected chi connectivity index (χ0v) is 12.7. The van der Waals surface area contributed by atoms with Crippen LogP contribution in [0, 0.1) is 0 Å². The number of ether oxygens (including phenoxy) is 1. The number of carbonyl (C=O) groups is 1. The van der Waals surface area contributed by atoms with Crippen LogP contribution in [0.5, 0.6) is 5.75 Å². The average molecular weight is 331 g/mol. The van der Waals surface area contributed by atoms with Crippen LogP contribution in [0.2, 0.25) is 5.02 Å². The Morgan fingerprint density at radius 2 is 2.27 bits per heavy atom. The van der Waals surface area contributed by atoms with E-state index in [0.29, 0.717) is 30.3 Å². The molecule has 2 saturated heterocycles. The van der Waals surface area contributed by atoms with Gasteiger partial charge in [0.25, 0.3) is 5.92 Å². The maximum Gasteiger partial charge on any atom is 0.262 e. The van der Waals surface area contributed by atoms with Crippen molar-refractivity contribution in [2.45, 2.75) is 30.9 Å². The summed E-state index contributed by atoms with van der Waals surface area (Å²) < 4.78 is 32.1. The fourth-order valence-corrected chi connectivity index (χ4v) is 3.05. The van der Waals surface area contributed by atoms with Crippen molar-refractivity contribution < 1.29 is 18.3 Å². The van der Waals surface area contributed by atoms with Gasteiger partial charge in [-0.2, -0.15) is 0 Å². The minimum atomic E-state index is -2.79. The lowest BCUT2D eigenvalue weighted by atomic mass is 10.2. The van der Waals surface area contributed by atoms with Crippen molar-refractivity contribution in [3.05, 3.63) is 29.3 Å². The minimum Gasteiger partial charge on any atom is -0.488 e. The number of alkyl halides is 2. The summed E-state index contributed by atoms with van der Waals surface area (Å²) in [5.74, 6) is -2.41. The Balaban J connectivity index is 1.55. The van der Waals surface area contributed by atoms with Crippen LogP contribution in [-0.2, 0) is 4.79 Å². The molecule has 0 aliphatic carbocycles. The molecule has 2 aliphatic heterocycles. The summed E-state index contributed by atoms with van der Waals surface area (Å²) in [6.45, 7) is 0.503. The molecule has 0 saturated carbocycles. The smallest absolute Gasteiger partial charge is 0.262 e. The normalized spacial score (nSPS) is 27.1. The van der Waals surface area contributed by atoms with Gasteiger partial charge in [-0.05, 0) is 18.2 Å². The lowest BCUT2D eigenvalue weighted by Gasteiger charge is -2.20. The first-order chi connectivity index (χ1) is 10.4. The predicted molar refractivity (Wildman–Crippen MR) is 78.4 cm³/mol. The van der Waals surface area contributed by atoms with E-state index in [0.717, 1.165) is 0 Å². The zero-order valence-electron chi connectivity index (χ0n) is 11.9. The van der Waals surface area contributed by atoms with Crippen molar-refractivity contribution in [3.63, 3.8) is 0 Å². The van der Waals surface area contributed by atoms with Crippen LogP contribution in [0.25, 0.3) is 0 Å². The van der Waals surface area contributed by atoms with Crippen LogP contribution >= 0.6 is 11.6 Å². The largest absolute Gasteiger partial charge is 0.488 e.